The van der Waals surface area contributed by atoms with Crippen LogP contribution in [-0.4, -0.2) is 19.0 Å². The van der Waals surface area contributed by atoms with E-state index < -0.39 is 28.9 Å². The Labute approximate surface area is 127 Å². The first-order chi connectivity index (χ1) is 10.5. The Balaban J connectivity index is 2.01. The van der Waals surface area contributed by atoms with Crippen LogP contribution in [0.1, 0.15) is 17.4 Å². The highest BCUT2D eigenvalue weighted by Gasteiger charge is 2.20. The molecule has 3 aromatic rings. The molecule has 0 saturated carbocycles. The summed E-state index contributed by atoms with van der Waals surface area (Å²) in [7, 11) is 0. The van der Waals surface area contributed by atoms with Crippen LogP contribution >= 0.6 is 11.5 Å². The lowest BCUT2D eigenvalue weighted by Gasteiger charge is -2.14. The fourth-order valence-corrected chi connectivity index (χ4v) is 2.98. The number of benzene rings is 1. The van der Waals surface area contributed by atoms with E-state index >= 15 is 0 Å². The van der Waals surface area contributed by atoms with Gasteiger partial charge in [0.1, 0.15) is 17.7 Å². The number of nitrogens with zero attached hydrogens (tertiary/aromatic N) is 3. The average Bonchev–Trinajstić information content (AvgIpc) is 2.84. The lowest BCUT2D eigenvalue weighted by molar-refractivity contribution is 0.145. The summed E-state index contributed by atoms with van der Waals surface area (Å²) in [5.74, 6) is -1.72. The first-order valence-electron chi connectivity index (χ1n) is 6.42. The standard InChI is InChI=1S/C14H11F2N3O2S/c1-7-11-13(22-18-7)17-6-19(14(11)21)5-10(20)12-8(15)3-2-4-9(12)16/h2-4,6,10,20H,5H2,1H3. The van der Waals surface area contributed by atoms with Gasteiger partial charge in [-0.3, -0.25) is 9.36 Å². The largest absolute Gasteiger partial charge is 0.386 e. The molecule has 2 aromatic heterocycles. The Morgan fingerprint density at radius 3 is 2.73 bits per heavy atom. The first kappa shape index (κ1) is 14.7. The van der Waals surface area contributed by atoms with Crippen LogP contribution in [0.15, 0.2) is 29.3 Å². The fourth-order valence-electron chi connectivity index (χ4n) is 2.25. The van der Waals surface area contributed by atoms with Gasteiger partial charge in [-0.05, 0) is 30.6 Å². The fraction of sp³-hybridized carbons (Fsp3) is 0.214. The maximum Gasteiger partial charge on any atom is 0.264 e. The molecule has 1 N–H and O–H groups in total. The van der Waals surface area contributed by atoms with Gasteiger partial charge in [-0.1, -0.05) is 6.07 Å². The second-order valence-electron chi connectivity index (χ2n) is 4.80. The summed E-state index contributed by atoms with van der Waals surface area (Å²) in [5, 5.41) is 10.4. The molecule has 0 aliphatic heterocycles. The molecule has 0 radical (unpaired) electrons. The minimum Gasteiger partial charge on any atom is -0.386 e. The molecule has 1 aromatic carbocycles. The maximum absolute atomic E-state index is 13.7. The van der Waals surface area contributed by atoms with Crippen LogP contribution in [0.25, 0.3) is 10.2 Å². The number of rotatable bonds is 3. The Bertz CT molecular complexity index is 886. The van der Waals surface area contributed by atoms with E-state index in [1.165, 1.54) is 12.4 Å². The summed E-state index contributed by atoms with van der Waals surface area (Å²) in [6.07, 6.45) is -0.255. The van der Waals surface area contributed by atoms with Crippen molar-refractivity contribution in [2.24, 2.45) is 0 Å². The van der Waals surface area contributed by atoms with Crippen molar-refractivity contribution >= 4 is 21.7 Å². The van der Waals surface area contributed by atoms with E-state index in [0.717, 1.165) is 28.2 Å². The summed E-state index contributed by atoms with van der Waals surface area (Å²) < 4.78 is 32.5. The Kier molecular flexibility index (Phi) is 3.71. The number of fused-ring (bicyclic) bond motifs is 1. The predicted octanol–water partition coefficient (Wildman–Crippen LogP) is 2.17. The summed E-state index contributed by atoms with van der Waals surface area (Å²) >= 11 is 1.10. The molecule has 0 amide bonds. The zero-order valence-corrected chi connectivity index (χ0v) is 12.3. The van der Waals surface area contributed by atoms with Crippen molar-refractivity contribution in [1.82, 2.24) is 13.9 Å². The summed E-state index contributed by atoms with van der Waals surface area (Å²) in [5.41, 5.74) is -0.319. The van der Waals surface area contributed by atoms with E-state index in [0.29, 0.717) is 15.9 Å². The van der Waals surface area contributed by atoms with Crippen LogP contribution in [0, 0.1) is 18.6 Å². The van der Waals surface area contributed by atoms with E-state index in [4.69, 9.17) is 0 Å². The molecule has 22 heavy (non-hydrogen) atoms. The molecule has 0 spiro atoms. The molecule has 0 aliphatic rings. The molecule has 5 nitrogen and oxygen atoms in total. The van der Waals surface area contributed by atoms with Gasteiger partial charge in [-0.2, -0.15) is 4.37 Å². The number of aryl methyl sites for hydroxylation is 1. The van der Waals surface area contributed by atoms with Gasteiger partial charge in [0.05, 0.1) is 29.5 Å². The summed E-state index contributed by atoms with van der Waals surface area (Å²) in [6, 6.07) is 3.32. The summed E-state index contributed by atoms with van der Waals surface area (Å²) in [6.45, 7) is 1.38. The molecule has 1 atom stereocenters. The van der Waals surface area contributed by atoms with Crippen LogP contribution in [0.5, 0.6) is 0 Å². The van der Waals surface area contributed by atoms with Crippen LogP contribution < -0.4 is 5.56 Å². The lowest BCUT2D eigenvalue weighted by Crippen LogP contribution is -2.24. The van der Waals surface area contributed by atoms with Crippen molar-refractivity contribution in [1.29, 1.82) is 0 Å². The summed E-state index contributed by atoms with van der Waals surface area (Å²) in [4.78, 5) is 16.9. The molecule has 0 aliphatic carbocycles. The van der Waals surface area contributed by atoms with Crippen molar-refractivity contribution in [2.75, 3.05) is 0 Å². The Morgan fingerprint density at radius 2 is 2.05 bits per heavy atom. The third-order valence-corrected chi connectivity index (χ3v) is 4.18. The van der Waals surface area contributed by atoms with Crippen LogP contribution in [0.2, 0.25) is 0 Å². The molecule has 8 heteroatoms. The van der Waals surface area contributed by atoms with E-state index in [1.54, 1.807) is 6.92 Å². The molecule has 3 rings (SSSR count). The van der Waals surface area contributed by atoms with Gasteiger partial charge in [0, 0.05) is 0 Å². The molecule has 1 unspecified atom stereocenters. The van der Waals surface area contributed by atoms with Crippen LogP contribution in [0.4, 0.5) is 8.78 Å². The van der Waals surface area contributed by atoms with Gasteiger partial charge in [0.25, 0.3) is 5.56 Å². The van der Waals surface area contributed by atoms with E-state index in [9.17, 15) is 18.7 Å². The SMILES string of the molecule is Cc1nsc2ncn(CC(O)c3c(F)cccc3F)c(=O)c12. The molecule has 0 bridgehead atoms. The van der Waals surface area contributed by atoms with Gasteiger partial charge in [-0.15, -0.1) is 0 Å². The minimum absolute atomic E-state index is 0.297. The van der Waals surface area contributed by atoms with Gasteiger partial charge >= 0.3 is 0 Å². The zero-order chi connectivity index (χ0) is 15.9. The molecule has 0 fully saturated rings. The number of hydrogen-bond acceptors (Lipinski definition) is 5. The van der Waals surface area contributed by atoms with Gasteiger partial charge in [-0.25, -0.2) is 13.8 Å². The third kappa shape index (κ3) is 2.40. The smallest absolute Gasteiger partial charge is 0.264 e. The predicted molar refractivity (Wildman–Crippen MR) is 77.7 cm³/mol. The number of aliphatic hydroxyl groups is 1. The van der Waals surface area contributed by atoms with Gasteiger partial charge in [0.15, 0.2) is 4.83 Å². The first-order valence-corrected chi connectivity index (χ1v) is 7.19. The van der Waals surface area contributed by atoms with Crippen molar-refractivity contribution in [2.45, 2.75) is 19.6 Å². The highest BCUT2D eigenvalue weighted by Crippen LogP contribution is 2.22. The van der Waals surface area contributed by atoms with E-state index in [2.05, 4.69) is 9.36 Å². The molecule has 0 saturated heterocycles. The van der Waals surface area contributed by atoms with Crippen molar-refractivity contribution in [3.8, 4) is 0 Å². The van der Waals surface area contributed by atoms with Crippen molar-refractivity contribution < 1.29 is 13.9 Å². The third-order valence-electron chi connectivity index (χ3n) is 3.34. The highest BCUT2D eigenvalue weighted by atomic mass is 32.1. The molecular formula is C14H11F2N3O2S. The van der Waals surface area contributed by atoms with Gasteiger partial charge < -0.3 is 5.11 Å². The zero-order valence-electron chi connectivity index (χ0n) is 11.5. The minimum atomic E-state index is -1.50. The Hall–Kier alpha value is -2.19. The van der Waals surface area contributed by atoms with Crippen molar-refractivity contribution in [3.05, 3.63) is 57.8 Å². The molecule has 114 valence electrons. The van der Waals surface area contributed by atoms with Crippen LogP contribution in [0.3, 0.4) is 0 Å². The number of halogens is 2. The van der Waals surface area contributed by atoms with E-state index in [-0.39, 0.29) is 6.54 Å². The second kappa shape index (κ2) is 5.54. The molecular weight excluding hydrogens is 312 g/mol. The molecule has 2 heterocycles. The number of hydrogen-bond donors (Lipinski definition) is 1. The quantitative estimate of drug-likeness (QED) is 0.802. The number of aliphatic hydroxyl groups excluding tert-OH is 1. The van der Waals surface area contributed by atoms with Crippen molar-refractivity contribution in [3.63, 3.8) is 0 Å². The second-order valence-corrected chi connectivity index (χ2v) is 5.55. The van der Waals surface area contributed by atoms with Gasteiger partial charge in [0.2, 0.25) is 0 Å². The average molecular weight is 323 g/mol. The van der Waals surface area contributed by atoms with Crippen LogP contribution in [-0.2, 0) is 6.54 Å². The maximum atomic E-state index is 13.7. The van der Waals surface area contributed by atoms with E-state index in [1.807, 2.05) is 0 Å². The Morgan fingerprint density at radius 1 is 1.36 bits per heavy atom. The highest BCUT2D eigenvalue weighted by molar-refractivity contribution is 7.12. The number of aromatic nitrogens is 3. The monoisotopic (exact) mass is 323 g/mol. The normalized spacial score (nSPS) is 12.7. The lowest BCUT2D eigenvalue weighted by atomic mass is 10.1. The topological polar surface area (TPSA) is 68.0 Å².